The Balaban J connectivity index is 1.50. The fourth-order valence-electron chi connectivity index (χ4n) is 4.24. The SMILES string of the molecule is COc1ccc(-n2c(SCC(=O)Nc3ccc(C)c(F)c3)nc3sc4c(c3c2=O)CCCC4)cc1. The minimum absolute atomic E-state index is 0.0225. The zero-order valence-corrected chi connectivity index (χ0v) is 21.0. The van der Waals surface area contributed by atoms with E-state index < -0.39 is 0 Å². The van der Waals surface area contributed by atoms with Gasteiger partial charge in [-0.2, -0.15) is 0 Å². The third-order valence-electron chi connectivity index (χ3n) is 6.08. The van der Waals surface area contributed by atoms with Gasteiger partial charge in [-0.05, 0) is 80.1 Å². The Kier molecular flexibility index (Phi) is 6.62. The number of nitrogens with zero attached hydrogens (tertiary/aromatic N) is 2. The van der Waals surface area contributed by atoms with Crippen LogP contribution in [0.15, 0.2) is 52.4 Å². The lowest BCUT2D eigenvalue weighted by atomic mass is 9.97. The average Bonchev–Trinajstić information content (AvgIpc) is 3.24. The fraction of sp³-hybridized carbons (Fsp3) is 0.269. The number of thiophene rings is 1. The normalized spacial score (nSPS) is 13.0. The molecule has 1 aliphatic rings. The molecule has 0 unspecified atom stereocenters. The van der Waals surface area contributed by atoms with Gasteiger partial charge in [-0.1, -0.05) is 17.8 Å². The van der Waals surface area contributed by atoms with Gasteiger partial charge in [0.1, 0.15) is 16.4 Å². The van der Waals surface area contributed by atoms with E-state index in [4.69, 9.17) is 9.72 Å². The van der Waals surface area contributed by atoms with Crippen molar-refractivity contribution in [3.05, 3.63) is 74.6 Å². The van der Waals surface area contributed by atoms with Crippen LogP contribution in [0.5, 0.6) is 5.75 Å². The molecular formula is C26H24FN3O3S2. The number of thioether (sulfide) groups is 1. The molecule has 0 saturated carbocycles. The number of hydrogen-bond donors (Lipinski definition) is 1. The first kappa shape index (κ1) is 23.6. The number of carbonyl (C=O) groups excluding carboxylic acids is 1. The van der Waals surface area contributed by atoms with E-state index in [1.165, 1.54) is 22.7 Å². The number of amides is 1. The maximum absolute atomic E-state index is 13.9. The highest BCUT2D eigenvalue weighted by atomic mass is 32.2. The van der Waals surface area contributed by atoms with Gasteiger partial charge in [0, 0.05) is 10.6 Å². The molecule has 2 aromatic carbocycles. The molecule has 0 saturated heterocycles. The van der Waals surface area contributed by atoms with Crippen LogP contribution in [0.1, 0.15) is 28.8 Å². The molecule has 6 nitrogen and oxygen atoms in total. The summed E-state index contributed by atoms with van der Waals surface area (Å²) in [6.07, 6.45) is 4.04. The van der Waals surface area contributed by atoms with Crippen LogP contribution in [0.2, 0.25) is 0 Å². The van der Waals surface area contributed by atoms with Gasteiger partial charge in [0.2, 0.25) is 5.91 Å². The third kappa shape index (κ3) is 4.70. The summed E-state index contributed by atoms with van der Waals surface area (Å²) in [7, 11) is 1.59. The van der Waals surface area contributed by atoms with E-state index in [-0.39, 0.29) is 23.0 Å². The van der Waals surface area contributed by atoms with E-state index in [0.29, 0.717) is 33.2 Å². The van der Waals surface area contributed by atoms with Crippen LogP contribution in [0.3, 0.4) is 0 Å². The summed E-state index contributed by atoms with van der Waals surface area (Å²) < 4.78 is 20.7. The minimum Gasteiger partial charge on any atom is -0.497 e. The van der Waals surface area contributed by atoms with Gasteiger partial charge < -0.3 is 10.1 Å². The predicted molar refractivity (Wildman–Crippen MR) is 139 cm³/mol. The van der Waals surface area contributed by atoms with Gasteiger partial charge in [-0.15, -0.1) is 11.3 Å². The number of methoxy groups -OCH3 is 1. The summed E-state index contributed by atoms with van der Waals surface area (Å²) in [5.74, 6) is 0.0221. The molecule has 0 bridgehead atoms. The van der Waals surface area contributed by atoms with Crippen LogP contribution in [0.25, 0.3) is 15.9 Å². The maximum atomic E-state index is 13.9. The number of carbonyl (C=O) groups is 1. The van der Waals surface area contributed by atoms with Crippen LogP contribution in [-0.2, 0) is 17.6 Å². The van der Waals surface area contributed by atoms with Crippen molar-refractivity contribution in [2.24, 2.45) is 0 Å². The number of benzene rings is 2. The van der Waals surface area contributed by atoms with Crippen molar-refractivity contribution < 1.29 is 13.9 Å². The molecule has 35 heavy (non-hydrogen) atoms. The van der Waals surface area contributed by atoms with Crippen LogP contribution >= 0.6 is 23.1 Å². The van der Waals surface area contributed by atoms with Gasteiger partial charge in [-0.25, -0.2) is 9.37 Å². The molecule has 2 heterocycles. The molecule has 0 atom stereocenters. The summed E-state index contributed by atoms with van der Waals surface area (Å²) in [6.45, 7) is 1.67. The highest BCUT2D eigenvalue weighted by molar-refractivity contribution is 7.99. The lowest BCUT2D eigenvalue weighted by Crippen LogP contribution is -2.23. The van der Waals surface area contributed by atoms with Gasteiger partial charge >= 0.3 is 0 Å². The second kappa shape index (κ2) is 9.83. The van der Waals surface area contributed by atoms with Crippen LogP contribution in [-0.4, -0.2) is 28.3 Å². The van der Waals surface area contributed by atoms with Gasteiger partial charge in [0.25, 0.3) is 5.56 Å². The number of anilines is 1. The smallest absolute Gasteiger partial charge is 0.267 e. The Morgan fingerprint density at radius 1 is 1.20 bits per heavy atom. The molecule has 0 spiro atoms. The largest absolute Gasteiger partial charge is 0.497 e. The van der Waals surface area contributed by atoms with E-state index in [2.05, 4.69) is 5.32 Å². The number of nitrogens with one attached hydrogen (secondary N) is 1. The number of aryl methyl sites for hydroxylation is 3. The lowest BCUT2D eigenvalue weighted by Gasteiger charge is -2.14. The number of fused-ring (bicyclic) bond motifs is 3. The highest BCUT2D eigenvalue weighted by Gasteiger charge is 2.23. The second-order valence-electron chi connectivity index (χ2n) is 8.42. The molecule has 9 heteroatoms. The quantitative estimate of drug-likeness (QED) is 0.274. The van der Waals surface area contributed by atoms with Crippen molar-refractivity contribution in [1.29, 1.82) is 0 Å². The number of halogens is 1. The van der Waals surface area contributed by atoms with Crippen molar-refractivity contribution >= 4 is 44.9 Å². The molecule has 2 aromatic heterocycles. The Bertz CT molecular complexity index is 1480. The van der Waals surface area contributed by atoms with Gasteiger partial charge in [0.15, 0.2) is 5.16 Å². The van der Waals surface area contributed by atoms with Crippen LogP contribution < -0.4 is 15.6 Å². The first-order valence-corrected chi connectivity index (χ1v) is 13.2. The topological polar surface area (TPSA) is 73.2 Å². The Morgan fingerprint density at radius 3 is 2.71 bits per heavy atom. The molecule has 1 aliphatic carbocycles. The van der Waals surface area contributed by atoms with Crippen LogP contribution in [0, 0.1) is 12.7 Å². The summed E-state index contributed by atoms with van der Waals surface area (Å²) in [5.41, 5.74) is 2.55. The monoisotopic (exact) mass is 509 g/mol. The molecule has 4 aromatic rings. The molecule has 0 fully saturated rings. The van der Waals surface area contributed by atoms with E-state index in [1.807, 2.05) is 12.1 Å². The standard InChI is InChI=1S/C26H24FN3O3S2/c1-15-7-8-16(13-20(15)27)28-22(31)14-34-26-29-24-23(19-5-3-4-6-21(19)35-24)25(32)30(26)17-9-11-18(33-2)12-10-17/h7-13H,3-6,14H2,1-2H3,(H,28,31). The summed E-state index contributed by atoms with van der Waals surface area (Å²) in [5, 5.41) is 3.84. The highest BCUT2D eigenvalue weighted by Crippen LogP contribution is 2.35. The van der Waals surface area contributed by atoms with Crippen molar-refractivity contribution in [1.82, 2.24) is 9.55 Å². The van der Waals surface area contributed by atoms with Gasteiger partial charge in [0.05, 0.1) is 23.9 Å². The average molecular weight is 510 g/mol. The van der Waals surface area contributed by atoms with E-state index >= 15 is 0 Å². The number of rotatable bonds is 6. The molecular weight excluding hydrogens is 485 g/mol. The Hall–Kier alpha value is -3.17. The lowest BCUT2D eigenvalue weighted by molar-refractivity contribution is -0.113. The second-order valence-corrected chi connectivity index (χ2v) is 10.5. The predicted octanol–water partition coefficient (Wildman–Crippen LogP) is 5.51. The number of hydrogen-bond acceptors (Lipinski definition) is 6. The zero-order valence-electron chi connectivity index (χ0n) is 19.4. The number of ether oxygens (including phenoxy) is 1. The first-order valence-electron chi connectivity index (χ1n) is 11.3. The third-order valence-corrected chi connectivity index (χ3v) is 8.20. The van der Waals surface area contributed by atoms with E-state index in [0.717, 1.165) is 36.1 Å². The number of aromatic nitrogens is 2. The molecule has 0 aliphatic heterocycles. The molecule has 1 N–H and O–H groups in total. The first-order chi connectivity index (χ1) is 16.9. The van der Waals surface area contributed by atoms with Crippen molar-refractivity contribution in [3.63, 3.8) is 0 Å². The van der Waals surface area contributed by atoms with Crippen molar-refractivity contribution in [2.75, 3.05) is 18.2 Å². The van der Waals surface area contributed by atoms with Crippen molar-refractivity contribution in [2.45, 2.75) is 37.8 Å². The molecule has 1 amide bonds. The van der Waals surface area contributed by atoms with E-state index in [1.54, 1.807) is 54.2 Å². The van der Waals surface area contributed by atoms with Gasteiger partial charge in [-0.3, -0.25) is 14.2 Å². The minimum atomic E-state index is -0.377. The van der Waals surface area contributed by atoms with E-state index in [9.17, 15) is 14.0 Å². The van der Waals surface area contributed by atoms with Crippen LogP contribution in [0.4, 0.5) is 10.1 Å². The maximum Gasteiger partial charge on any atom is 0.267 e. The molecule has 180 valence electrons. The molecule has 0 radical (unpaired) electrons. The summed E-state index contributed by atoms with van der Waals surface area (Å²) in [4.78, 5) is 33.2. The Morgan fingerprint density at radius 2 is 1.97 bits per heavy atom. The Labute approximate surface area is 210 Å². The summed E-state index contributed by atoms with van der Waals surface area (Å²) in [6, 6.07) is 11.8. The fourth-order valence-corrected chi connectivity index (χ4v) is 6.36. The van der Waals surface area contributed by atoms with Crippen molar-refractivity contribution in [3.8, 4) is 11.4 Å². The summed E-state index contributed by atoms with van der Waals surface area (Å²) >= 11 is 2.76. The zero-order chi connectivity index (χ0) is 24.5. The molecule has 5 rings (SSSR count).